The Kier molecular flexibility index (Phi) is 1.73. The molecule has 1 saturated heterocycles. The molecule has 7 heavy (non-hydrogen) atoms. The van der Waals surface area contributed by atoms with E-state index in [1.54, 1.807) is 0 Å². The number of hydrogen-bond acceptors (Lipinski definition) is 2. The van der Waals surface area contributed by atoms with Gasteiger partial charge in [0.15, 0.2) is 0 Å². The van der Waals surface area contributed by atoms with Crippen LogP contribution in [0.3, 0.4) is 0 Å². The maximum atomic E-state index is 10.3. The average Bonchev–Trinajstić information content (AvgIpc) is 1.87. The number of carbonyl (C=O) groups excluding carboxylic acids is 1. The predicted octanol–water partition coefficient (Wildman–Crippen LogP) is -0.110. The second-order valence-electron chi connectivity index (χ2n) is 1.99. The van der Waals surface area contributed by atoms with Crippen molar-refractivity contribution in [2.24, 2.45) is 0 Å². The third-order valence-corrected chi connectivity index (χ3v) is 1.79. The fourth-order valence-electron chi connectivity index (χ4n) is 0.638. The monoisotopic (exact) mass is 108 g/mol. The third kappa shape index (κ3) is 1.44. The molecule has 0 amide bonds. The number of ether oxygens (including phenoxy) is 1. The Balaban J connectivity index is 2.40. The van der Waals surface area contributed by atoms with Gasteiger partial charge in [0.1, 0.15) is 0 Å². The first-order valence-corrected chi connectivity index (χ1v) is 3.60. The van der Waals surface area contributed by atoms with Gasteiger partial charge in [0.2, 0.25) is 0 Å². The molecule has 3 heteroatoms. The van der Waals surface area contributed by atoms with Crippen molar-refractivity contribution in [1.82, 2.24) is 0 Å². The van der Waals surface area contributed by atoms with E-state index >= 15 is 0 Å². The molecule has 1 aliphatic heterocycles. The number of esters is 1. The number of cyclic esters (lactones) is 1. The van der Waals surface area contributed by atoms with Gasteiger partial charge in [0.05, 0.1) is 0 Å². The molecule has 0 aliphatic carbocycles. The van der Waals surface area contributed by atoms with Crippen molar-refractivity contribution >= 4 is 33.9 Å². The summed E-state index contributed by atoms with van der Waals surface area (Å²) in [6.07, 6.45) is 0.673. The van der Waals surface area contributed by atoms with Crippen molar-refractivity contribution in [2.45, 2.75) is 9.59 Å². The molecule has 0 aromatic heterocycles. The second-order valence-corrected chi connectivity index (χ2v) is 3.63. The van der Waals surface area contributed by atoms with Gasteiger partial charge in [-0.25, -0.2) is 0 Å². The standard InChI is InChI=1S/C4H5O2.Na/c5-4-2-1-3-6-4;/h1H,2-3H2;. The topological polar surface area (TPSA) is 26.3 Å². The molecule has 0 aromatic rings. The molecular weight excluding hydrogens is 103 g/mol. The van der Waals surface area contributed by atoms with Gasteiger partial charge >= 0.3 is 59.6 Å². The number of rotatable bonds is 0. The molecule has 1 aliphatic rings. The molecule has 0 radical (unpaired) electrons. The van der Waals surface area contributed by atoms with Gasteiger partial charge in [-0.05, 0) is 0 Å². The van der Waals surface area contributed by atoms with Crippen molar-refractivity contribution in [3.05, 3.63) is 0 Å². The van der Waals surface area contributed by atoms with Crippen LogP contribution in [0.5, 0.6) is 0 Å². The Morgan fingerprint density at radius 1 is 1.86 bits per heavy atom. The normalized spacial score (nSPS) is 30.6. The van der Waals surface area contributed by atoms with Gasteiger partial charge in [-0.1, -0.05) is 0 Å². The molecule has 1 unspecified atom stereocenters. The summed E-state index contributed by atoms with van der Waals surface area (Å²) in [5.41, 5.74) is 0. The summed E-state index contributed by atoms with van der Waals surface area (Å²) < 4.78 is 5.25. The summed E-state index contributed by atoms with van der Waals surface area (Å²) in [5, 5.41) is 0. The fourth-order valence-corrected chi connectivity index (χ4v) is 1.14. The Morgan fingerprint density at radius 3 is 2.71 bits per heavy atom. The van der Waals surface area contributed by atoms with E-state index in [-0.39, 0.29) is 5.97 Å². The van der Waals surface area contributed by atoms with Crippen molar-refractivity contribution < 1.29 is 9.53 Å². The van der Waals surface area contributed by atoms with Crippen LogP contribution in [0.15, 0.2) is 0 Å². The van der Waals surface area contributed by atoms with E-state index in [1.807, 2.05) is 0 Å². The molecule has 0 aromatic carbocycles. The molecule has 0 N–H and O–H groups in total. The number of carbonyl (C=O) groups is 1. The maximum absolute atomic E-state index is 10.3. The van der Waals surface area contributed by atoms with E-state index in [2.05, 4.69) is 4.74 Å². The van der Waals surface area contributed by atoms with E-state index in [0.29, 0.717) is 16.2 Å². The van der Waals surface area contributed by atoms with Crippen LogP contribution in [0, 0.1) is 0 Å². The summed E-state index contributed by atoms with van der Waals surface area (Å²) in [6.45, 7) is 0.686. The molecule has 0 saturated carbocycles. The minimum atomic E-state index is -0.0139. The molecule has 1 heterocycles. The van der Waals surface area contributed by atoms with E-state index in [0.717, 1.165) is 27.9 Å². The molecule has 34 valence electrons. The molecular formula is C4H5NaO2. The van der Waals surface area contributed by atoms with Gasteiger partial charge in [-0.15, -0.1) is 0 Å². The van der Waals surface area contributed by atoms with Gasteiger partial charge < -0.3 is 0 Å². The van der Waals surface area contributed by atoms with E-state index in [9.17, 15) is 4.79 Å². The van der Waals surface area contributed by atoms with E-state index in [1.165, 1.54) is 0 Å². The van der Waals surface area contributed by atoms with Crippen LogP contribution in [0.25, 0.3) is 0 Å². The first-order chi connectivity index (χ1) is 3.29. The molecule has 1 rings (SSSR count). The zero-order valence-corrected chi connectivity index (χ0v) is 6.31. The average molecular weight is 108 g/mol. The molecule has 1 fully saturated rings. The molecule has 2 nitrogen and oxygen atoms in total. The first-order valence-electron chi connectivity index (χ1n) is 2.44. The minimum absolute atomic E-state index is 0.0139. The quantitative estimate of drug-likeness (QED) is 0.319. The van der Waals surface area contributed by atoms with Gasteiger partial charge in [0, 0.05) is 0 Å². The second kappa shape index (κ2) is 2.16. The van der Waals surface area contributed by atoms with Gasteiger partial charge in [0.25, 0.3) is 0 Å². The molecule has 0 spiro atoms. The van der Waals surface area contributed by atoms with E-state index in [4.69, 9.17) is 0 Å². The van der Waals surface area contributed by atoms with Crippen LogP contribution in [-0.2, 0) is 9.53 Å². The Labute approximate surface area is 59.6 Å². The number of hydrogen-bond donors (Lipinski definition) is 0. The van der Waals surface area contributed by atoms with Crippen molar-refractivity contribution in [3.63, 3.8) is 0 Å². The Bertz CT molecular complexity index is 91.7. The van der Waals surface area contributed by atoms with Crippen LogP contribution in [0.4, 0.5) is 0 Å². The van der Waals surface area contributed by atoms with Crippen LogP contribution in [-0.4, -0.2) is 40.5 Å². The summed E-state index contributed by atoms with van der Waals surface area (Å²) in [4.78, 5) is 10.3. The van der Waals surface area contributed by atoms with Crippen molar-refractivity contribution in [3.8, 4) is 0 Å². The van der Waals surface area contributed by atoms with Crippen LogP contribution in [0.1, 0.15) is 6.42 Å². The fraction of sp³-hybridized carbons (Fsp3) is 0.750. The summed E-state index contributed by atoms with van der Waals surface area (Å²) >= 11 is 1.10. The van der Waals surface area contributed by atoms with Crippen molar-refractivity contribution in [2.75, 3.05) is 6.61 Å². The van der Waals surface area contributed by atoms with Crippen LogP contribution in [0.2, 0.25) is 3.17 Å². The Morgan fingerprint density at radius 2 is 2.57 bits per heavy atom. The SMILES string of the molecule is O=C1C[CH]([Na])CO1. The van der Waals surface area contributed by atoms with Crippen molar-refractivity contribution in [1.29, 1.82) is 0 Å². The van der Waals surface area contributed by atoms with E-state index < -0.39 is 0 Å². The molecule has 1 atom stereocenters. The van der Waals surface area contributed by atoms with Crippen LogP contribution >= 0.6 is 0 Å². The zero-order valence-electron chi connectivity index (χ0n) is 4.31. The summed E-state index contributed by atoms with van der Waals surface area (Å²) in [5.74, 6) is -0.0139. The Hall–Kier alpha value is 0.470. The molecule has 0 bridgehead atoms. The van der Waals surface area contributed by atoms with Gasteiger partial charge in [-0.3, -0.25) is 0 Å². The summed E-state index contributed by atoms with van der Waals surface area (Å²) in [6, 6.07) is 0. The van der Waals surface area contributed by atoms with Gasteiger partial charge in [-0.2, -0.15) is 0 Å². The summed E-state index contributed by atoms with van der Waals surface area (Å²) in [7, 11) is 0. The predicted molar refractivity (Wildman–Crippen MR) is 25.1 cm³/mol. The first kappa shape index (κ1) is 5.60. The zero-order chi connectivity index (χ0) is 5.28. The van der Waals surface area contributed by atoms with Crippen LogP contribution < -0.4 is 0 Å². The third-order valence-electron chi connectivity index (χ3n) is 1.04.